The van der Waals surface area contributed by atoms with Gasteiger partial charge in [-0.25, -0.2) is 13.2 Å². The first-order valence-corrected chi connectivity index (χ1v) is 6.46. The lowest BCUT2D eigenvalue weighted by Crippen LogP contribution is -2.34. The van der Waals surface area contributed by atoms with Gasteiger partial charge in [0.2, 0.25) is 5.24 Å². The zero-order valence-electron chi connectivity index (χ0n) is 11.0. The number of halogens is 4. The minimum atomic E-state index is -1.66. The number of aromatic nitrogens is 1. The van der Waals surface area contributed by atoms with E-state index in [0.717, 1.165) is 0 Å². The smallest absolute Gasteiger partial charge is 0.232 e. The highest BCUT2D eigenvalue weighted by atomic mass is 35.5. The van der Waals surface area contributed by atoms with Gasteiger partial charge in [0, 0.05) is 30.1 Å². The fourth-order valence-electron chi connectivity index (χ4n) is 2.24. The molecule has 0 radical (unpaired) electrons. The number of nitrogens with zero attached hydrogens (tertiary/aromatic N) is 1. The summed E-state index contributed by atoms with van der Waals surface area (Å²) in [5.41, 5.74) is -1.63. The van der Waals surface area contributed by atoms with Crippen LogP contribution in [0.4, 0.5) is 13.2 Å². The molecule has 1 atom stereocenters. The molecule has 0 aliphatic rings. The Labute approximate surface area is 124 Å². The Bertz CT molecular complexity index is 655. The van der Waals surface area contributed by atoms with Crippen molar-refractivity contribution in [2.45, 2.75) is 18.8 Å². The number of benzene rings is 1. The molecule has 0 aliphatic carbocycles. The van der Waals surface area contributed by atoms with Crippen LogP contribution in [0.25, 0.3) is 0 Å². The summed E-state index contributed by atoms with van der Waals surface area (Å²) in [5.74, 6) is -3.35. The second kappa shape index (κ2) is 5.85. The van der Waals surface area contributed by atoms with Crippen molar-refractivity contribution in [1.82, 2.24) is 4.98 Å². The molecule has 1 heterocycles. The molecule has 2 rings (SSSR count). The third-order valence-corrected chi connectivity index (χ3v) is 3.69. The van der Waals surface area contributed by atoms with Crippen LogP contribution >= 0.6 is 11.6 Å². The second-order valence-electron chi connectivity index (χ2n) is 4.89. The van der Waals surface area contributed by atoms with E-state index in [9.17, 15) is 18.0 Å². The summed E-state index contributed by atoms with van der Waals surface area (Å²) in [6.45, 7) is 1.31. The van der Waals surface area contributed by atoms with Crippen molar-refractivity contribution in [1.29, 1.82) is 0 Å². The topological polar surface area (TPSA) is 30.0 Å². The van der Waals surface area contributed by atoms with Crippen molar-refractivity contribution in [3.05, 3.63) is 65.2 Å². The lowest BCUT2D eigenvalue weighted by molar-refractivity contribution is -0.116. The van der Waals surface area contributed by atoms with E-state index in [1.807, 2.05) is 0 Å². The van der Waals surface area contributed by atoms with Crippen molar-refractivity contribution in [2.75, 3.05) is 0 Å². The Morgan fingerprint density at radius 3 is 2.38 bits per heavy atom. The summed E-state index contributed by atoms with van der Waals surface area (Å²) in [6.07, 6.45) is 2.95. The quantitative estimate of drug-likeness (QED) is 0.804. The zero-order valence-corrected chi connectivity index (χ0v) is 11.8. The molecular weight excluding hydrogens is 303 g/mol. The van der Waals surface area contributed by atoms with Gasteiger partial charge < -0.3 is 0 Å². The number of hydrogen-bond acceptors (Lipinski definition) is 2. The fourth-order valence-corrected chi connectivity index (χ4v) is 2.40. The van der Waals surface area contributed by atoms with Crippen LogP contribution in [-0.2, 0) is 16.6 Å². The Kier molecular flexibility index (Phi) is 4.32. The van der Waals surface area contributed by atoms with Crippen molar-refractivity contribution < 1.29 is 18.0 Å². The first kappa shape index (κ1) is 15.5. The molecular formula is C15H11ClF3NO. The number of hydrogen-bond donors (Lipinski definition) is 0. The average molecular weight is 314 g/mol. The summed E-state index contributed by atoms with van der Waals surface area (Å²) in [5, 5.41) is -0.934. The summed E-state index contributed by atoms with van der Waals surface area (Å²) < 4.78 is 40.9. The maximum atomic E-state index is 14.0. The third-order valence-electron chi connectivity index (χ3n) is 3.27. The van der Waals surface area contributed by atoms with Crippen molar-refractivity contribution in [3.63, 3.8) is 0 Å². The monoisotopic (exact) mass is 313 g/mol. The van der Waals surface area contributed by atoms with Gasteiger partial charge in [-0.3, -0.25) is 9.78 Å². The maximum absolute atomic E-state index is 14.0. The average Bonchev–Trinajstić information content (AvgIpc) is 2.38. The van der Waals surface area contributed by atoms with Gasteiger partial charge in [-0.15, -0.1) is 0 Å². The summed E-state index contributed by atoms with van der Waals surface area (Å²) in [7, 11) is 0. The van der Waals surface area contributed by atoms with Crippen LogP contribution in [0.15, 0.2) is 36.7 Å². The molecule has 2 aromatic rings. The van der Waals surface area contributed by atoms with Crippen molar-refractivity contribution in [3.8, 4) is 0 Å². The van der Waals surface area contributed by atoms with Crippen LogP contribution in [0.1, 0.15) is 18.1 Å². The van der Waals surface area contributed by atoms with E-state index < -0.39 is 33.7 Å². The van der Waals surface area contributed by atoms with E-state index >= 15 is 0 Å². The molecule has 0 bridgehead atoms. The fraction of sp³-hybridized carbons (Fsp3) is 0.200. The van der Waals surface area contributed by atoms with E-state index in [1.54, 1.807) is 12.1 Å². The molecule has 110 valence electrons. The highest BCUT2D eigenvalue weighted by Crippen LogP contribution is 2.34. The molecule has 0 fully saturated rings. The molecule has 0 aliphatic heterocycles. The maximum Gasteiger partial charge on any atom is 0.232 e. The second-order valence-corrected chi connectivity index (χ2v) is 5.23. The van der Waals surface area contributed by atoms with E-state index in [2.05, 4.69) is 4.98 Å². The third kappa shape index (κ3) is 3.08. The number of carbonyl (C=O) groups excluding carboxylic acids is 1. The molecule has 2 nitrogen and oxygen atoms in total. The minimum absolute atomic E-state index is 0.0529. The van der Waals surface area contributed by atoms with Crippen LogP contribution < -0.4 is 0 Å². The van der Waals surface area contributed by atoms with Crippen LogP contribution in [0.3, 0.4) is 0 Å². The van der Waals surface area contributed by atoms with Gasteiger partial charge in [-0.1, -0.05) is 6.07 Å². The Balaban J connectivity index is 2.56. The molecule has 0 saturated heterocycles. The number of rotatable bonds is 4. The largest absolute Gasteiger partial charge is 0.280 e. The van der Waals surface area contributed by atoms with E-state index in [0.29, 0.717) is 17.7 Å². The van der Waals surface area contributed by atoms with E-state index in [1.165, 1.54) is 19.3 Å². The molecule has 0 spiro atoms. The van der Waals surface area contributed by atoms with Gasteiger partial charge in [-0.05, 0) is 36.6 Å². The normalized spacial score (nSPS) is 13.8. The molecule has 0 N–H and O–H groups in total. The van der Waals surface area contributed by atoms with Crippen LogP contribution in [-0.4, -0.2) is 10.2 Å². The lowest BCUT2D eigenvalue weighted by Gasteiger charge is -2.27. The van der Waals surface area contributed by atoms with E-state index in [-0.39, 0.29) is 6.42 Å². The standard InChI is InChI=1S/C15H11ClF3NO/c1-15(14(16)21,7-9-3-2-4-20-8-9)13-11(18)5-10(17)6-12(13)19/h2-6,8H,7H2,1H3. The molecule has 1 aromatic heterocycles. The predicted molar refractivity (Wildman–Crippen MR) is 72.5 cm³/mol. The zero-order chi connectivity index (χ0) is 15.6. The predicted octanol–water partition coefficient (Wildman–Crippen LogP) is 3.76. The van der Waals surface area contributed by atoms with Crippen molar-refractivity contribution in [2.24, 2.45) is 0 Å². The highest BCUT2D eigenvalue weighted by Gasteiger charge is 2.39. The highest BCUT2D eigenvalue weighted by molar-refractivity contribution is 6.65. The van der Waals surface area contributed by atoms with Gasteiger partial charge in [0.15, 0.2) is 0 Å². The molecule has 6 heteroatoms. The van der Waals surface area contributed by atoms with Crippen LogP contribution in [0, 0.1) is 17.5 Å². The molecule has 21 heavy (non-hydrogen) atoms. The summed E-state index contributed by atoms with van der Waals surface area (Å²) in [6, 6.07) is 4.34. The van der Waals surface area contributed by atoms with Gasteiger partial charge in [0.25, 0.3) is 0 Å². The first-order valence-electron chi connectivity index (χ1n) is 6.08. The molecule has 1 unspecified atom stereocenters. The van der Waals surface area contributed by atoms with Gasteiger partial charge in [0.1, 0.15) is 17.5 Å². The molecule has 0 saturated carbocycles. The van der Waals surface area contributed by atoms with Gasteiger partial charge in [0.05, 0.1) is 5.41 Å². The Morgan fingerprint density at radius 2 is 1.90 bits per heavy atom. The number of pyridine rings is 1. The van der Waals surface area contributed by atoms with Gasteiger partial charge in [-0.2, -0.15) is 0 Å². The Hall–Kier alpha value is -1.88. The SMILES string of the molecule is CC(Cc1cccnc1)(C(=O)Cl)c1c(F)cc(F)cc1F. The molecule has 0 amide bonds. The minimum Gasteiger partial charge on any atom is -0.280 e. The van der Waals surface area contributed by atoms with Crippen LogP contribution in [0.2, 0.25) is 0 Å². The lowest BCUT2D eigenvalue weighted by atomic mass is 9.78. The summed E-state index contributed by atoms with van der Waals surface area (Å²) >= 11 is 5.57. The first-order chi connectivity index (χ1) is 9.84. The summed E-state index contributed by atoms with van der Waals surface area (Å²) in [4.78, 5) is 15.7. The van der Waals surface area contributed by atoms with Crippen LogP contribution in [0.5, 0.6) is 0 Å². The van der Waals surface area contributed by atoms with Gasteiger partial charge >= 0.3 is 0 Å². The molecule has 1 aromatic carbocycles. The Morgan fingerprint density at radius 1 is 1.29 bits per heavy atom. The van der Waals surface area contributed by atoms with E-state index in [4.69, 9.17) is 11.6 Å². The van der Waals surface area contributed by atoms with Crippen molar-refractivity contribution >= 4 is 16.8 Å². The number of carbonyl (C=O) groups is 1.